The van der Waals surface area contributed by atoms with Crippen LogP contribution >= 0.6 is 23.2 Å². The van der Waals surface area contributed by atoms with E-state index in [1.807, 2.05) is 0 Å². The molecule has 0 fully saturated rings. The molecule has 1 atom stereocenters. The highest BCUT2D eigenvalue weighted by atomic mass is 35.5. The first-order valence-corrected chi connectivity index (χ1v) is 6.79. The van der Waals surface area contributed by atoms with E-state index >= 15 is 0 Å². The Morgan fingerprint density at radius 2 is 0.700 bits per heavy atom. The van der Waals surface area contributed by atoms with Crippen molar-refractivity contribution >= 4 is 23.2 Å². The molecule has 0 heterocycles. The average molecular weight is 533 g/mol. The van der Waals surface area contributed by atoms with Crippen LogP contribution in [0.5, 0.6) is 0 Å². The zero-order valence-corrected chi connectivity index (χ0v) is 14.1. The van der Waals surface area contributed by atoms with Crippen LogP contribution in [0.1, 0.15) is 0 Å². The summed E-state index contributed by atoms with van der Waals surface area (Å²) in [5.74, 6) is -54.9. The molecule has 0 saturated heterocycles. The Kier molecular flexibility index (Phi) is 7.07. The molecule has 0 radical (unpaired) electrons. The molecule has 0 saturated carbocycles. The number of allylic oxidation sites excluding steroid dienone is 1. The van der Waals surface area contributed by atoms with E-state index in [1.54, 1.807) is 0 Å². The fourth-order valence-corrected chi connectivity index (χ4v) is 1.66. The molecule has 0 aromatic heterocycles. The van der Waals surface area contributed by atoms with Crippen molar-refractivity contribution in [1.82, 2.24) is 0 Å². The lowest BCUT2D eigenvalue weighted by molar-refractivity contribution is -0.432. The first kappa shape index (κ1) is 29.1. The normalized spacial score (nSPS) is 17.6. The van der Waals surface area contributed by atoms with Gasteiger partial charge in [-0.25, -0.2) is 4.39 Å². The van der Waals surface area contributed by atoms with E-state index in [0.717, 1.165) is 0 Å². The van der Waals surface area contributed by atoms with E-state index in [9.17, 15) is 79.0 Å². The standard InChI is InChI=1S/C10Cl2F18/c11-4(18,10(12,29)30)6(21,22)8(25,26)9(27,28)7(23,24)5(19,20)3(16,17)1(13)2(14)15. The molecule has 0 aliphatic heterocycles. The van der Waals surface area contributed by atoms with Crippen molar-refractivity contribution in [3.05, 3.63) is 11.9 Å². The summed E-state index contributed by atoms with van der Waals surface area (Å²) in [5, 5.41) is -13.5. The summed E-state index contributed by atoms with van der Waals surface area (Å²) in [4.78, 5) is 0. The zero-order valence-electron chi connectivity index (χ0n) is 12.6. The van der Waals surface area contributed by atoms with Gasteiger partial charge in [-0.05, 0) is 11.6 Å². The highest BCUT2D eigenvalue weighted by molar-refractivity contribution is 6.33. The minimum atomic E-state index is -8.68. The molecule has 0 rings (SSSR count). The van der Waals surface area contributed by atoms with Crippen molar-refractivity contribution in [2.75, 3.05) is 0 Å². The van der Waals surface area contributed by atoms with Crippen LogP contribution in [-0.2, 0) is 0 Å². The second-order valence-corrected chi connectivity index (χ2v) is 6.09. The molecule has 20 heteroatoms. The Morgan fingerprint density at radius 1 is 0.433 bits per heavy atom. The molecule has 30 heavy (non-hydrogen) atoms. The Hall–Kier alpha value is -0.940. The summed E-state index contributed by atoms with van der Waals surface area (Å²) in [5.41, 5.74) is 0. The lowest BCUT2D eigenvalue weighted by Gasteiger charge is -2.43. The summed E-state index contributed by atoms with van der Waals surface area (Å²) in [6.45, 7) is 0. The molecule has 0 spiro atoms. The lowest BCUT2D eigenvalue weighted by atomic mass is 9.89. The van der Waals surface area contributed by atoms with Gasteiger partial charge in [0.1, 0.15) is 0 Å². The largest absolute Gasteiger partial charge is 0.385 e. The lowest BCUT2D eigenvalue weighted by Crippen LogP contribution is -2.74. The predicted molar refractivity (Wildman–Crippen MR) is 60.5 cm³/mol. The highest BCUT2D eigenvalue weighted by Crippen LogP contribution is 2.65. The number of alkyl halides is 17. The van der Waals surface area contributed by atoms with Crippen LogP contribution < -0.4 is 0 Å². The van der Waals surface area contributed by atoms with Gasteiger partial charge in [-0.2, -0.15) is 74.6 Å². The van der Waals surface area contributed by atoms with Crippen molar-refractivity contribution in [2.45, 2.75) is 46.0 Å². The van der Waals surface area contributed by atoms with Gasteiger partial charge in [0, 0.05) is 0 Å². The Morgan fingerprint density at radius 3 is 0.967 bits per heavy atom. The highest BCUT2D eigenvalue weighted by Gasteiger charge is 2.94. The van der Waals surface area contributed by atoms with Crippen molar-refractivity contribution in [3.8, 4) is 0 Å². The van der Waals surface area contributed by atoms with Crippen LogP contribution in [0.4, 0.5) is 79.0 Å². The van der Waals surface area contributed by atoms with Crippen molar-refractivity contribution in [1.29, 1.82) is 0 Å². The van der Waals surface area contributed by atoms with Gasteiger partial charge in [-0.15, -0.1) is 0 Å². The third-order valence-electron chi connectivity index (χ3n) is 3.16. The van der Waals surface area contributed by atoms with Crippen LogP contribution in [0.15, 0.2) is 11.9 Å². The minimum absolute atomic E-state index is 3.53. The molecule has 180 valence electrons. The van der Waals surface area contributed by atoms with Crippen LogP contribution in [0.3, 0.4) is 0 Å². The van der Waals surface area contributed by atoms with Gasteiger partial charge in [-0.3, -0.25) is 0 Å². The molecule has 0 aromatic carbocycles. The van der Waals surface area contributed by atoms with E-state index in [2.05, 4.69) is 23.2 Å². The zero-order chi connectivity index (χ0) is 25.2. The molecular formula is C10Cl2F18. The molecule has 0 N–H and O–H groups in total. The molecule has 0 nitrogen and oxygen atoms in total. The maximum Gasteiger partial charge on any atom is 0.385 e. The number of rotatable bonds is 8. The topological polar surface area (TPSA) is 0 Å². The second kappa shape index (κ2) is 7.30. The monoisotopic (exact) mass is 532 g/mol. The molecule has 0 amide bonds. The third kappa shape index (κ3) is 3.54. The van der Waals surface area contributed by atoms with Gasteiger partial charge >= 0.3 is 52.1 Å². The maximum atomic E-state index is 13.3. The van der Waals surface area contributed by atoms with Crippen LogP contribution in [0, 0.1) is 0 Å². The number of hydrogen-bond acceptors (Lipinski definition) is 0. The van der Waals surface area contributed by atoms with Gasteiger partial charge in [0.25, 0.3) is 0 Å². The Bertz CT molecular complexity index is 682. The van der Waals surface area contributed by atoms with Crippen molar-refractivity contribution in [2.24, 2.45) is 0 Å². The Labute approximate surface area is 161 Å². The van der Waals surface area contributed by atoms with E-state index in [0.29, 0.717) is 0 Å². The summed E-state index contributed by atoms with van der Waals surface area (Å²) < 4.78 is 231. The first-order valence-electron chi connectivity index (χ1n) is 6.03. The van der Waals surface area contributed by atoms with E-state index in [1.165, 1.54) is 0 Å². The average Bonchev–Trinajstić information content (AvgIpc) is 2.51. The third-order valence-corrected chi connectivity index (χ3v) is 4.00. The smallest absolute Gasteiger partial charge is 0.211 e. The predicted octanol–water partition coefficient (Wildman–Crippen LogP) is 7.61. The summed E-state index contributed by atoms with van der Waals surface area (Å²) in [6.07, 6.45) is -4.55. The minimum Gasteiger partial charge on any atom is -0.211 e. The fourth-order valence-electron chi connectivity index (χ4n) is 1.42. The van der Waals surface area contributed by atoms with Crippen LogP contribution in [0.25, 0.3) is 0 Å². The first-order chi connectivity index (χ1) is 12.6. The second-order valence-electron chi connectivity index (χ2n) is 5.09. The summed E-state index contributed by atoms with van der Waals surface area (Å²) in [6, 6.07) is 0. The molecule has 0 bridgehead atoms. The van der Waals surface area contributed by atoms with Gasteiger partial charge < -0.3 is 0 Å². The molecule has 0 aliphatic rings. The number of halogens is 20. The van der Waals surface area contributed by atoms with Crippen molar-refractivity contribution < 1.29 is 79.0 Å². The number of hydrogen-bond donors (Lipinski definition) is 0. The van der Waals surface area contributed by atoms with Gasteiger partial charge in [0.05, 0.1) is 0 Å². The van der Waals surface area contributed by atoms with Crippen molar-refractivity contribution in [3.63, 3.8) is 0 Å². The van der Waals surface area contributed by atoms with E-state index in [-0.39, 0.29) is 0 Å². The summed E-state index contributed by atoms with van der Waals surface area (Å²) in [7, 11) is 0. The van der Waals surface area contributed by atoms with Gasteiger partial charge in [-0.1, -0.05) is 11.6 Å². The quantitative estimate of drug-likeness (QED) is 0.223. The van der Waals surface area contributed by atoms with Crippen LogP contribution in [0.2, 0.25) is 0 Å². The van der Waals surface area contributed by atoms with Gasteiger partial charge in [0.15, 0.2) is 0 Å². The Balaban J connectivity index is 6.89. The van der Waals surface area contributed by atoms with Gasteiger partial charge in [0.2, 0.25) is 5.83 Å². The van der Waals surface area contributed by atoms with Crippen LogP contribution in [-0.4, -0.2) is 46.0 Å². The summed E-state index contributed by atoms with van der Waals surface area (Å²) >= 11 is 7.11. The molecular weight excluding hydrogens is 533 g/mol. The molecule has 0 aromatic rings. The maximum absolute atomic E-state index is 13.3. The SMILES string of the molecule is FC(F)=C(F)C(F)(F)C(F)(F)C(F)(F)C(F)(F)C(F)(F)C(F)(F)C(F)(Cl)C(F)(F)Cl. The molecule has 1 unspecified atom stereocenters. The van der Waals surface area contributed by atoms with E-state index in [4.69, 9.17) is 0 Å². The molecule has 0 aliphatic carbocycles. The fraction of sp³-hybridized carbons (Fsp3) is 0.800. The van der Waals surface area contributed by atoms with E-state index < -0.39 is 58.0 Å².